The van der Waals surface area contributed by atoms with Crippen LogP contribution in [0.5, 0.6) is 0 Å². The van der Waals surface area contributed by atoms with Crippen molar-refractivity contribution in [1.82, 2.24) is 4.98 Å². The van der Waals surface area contributed by atoms with Gasteiger partial charge in [0.15, 0.2) is 0 Å². The highest BCUT2D eigenvalue weighted by Gasteiger charge is 1.99. The van der Waals surface area contributed by atoms with Crippen LogP contribution >= 0.6 is 0 Å². The summed E-state index contributed by atoms with van der Waals surface area (Å²) >= 11 is 0. The molecule has 1 aromatic heterocycles. The third-order valence-corrected chi connectivity index (χ3v) is 1.82. The Hall–Kier alpha value is -0.890. The lowest BCUT2D eigenvalue weighted by atomic mass is 10.1. The second kappa shape index (κ2) is 4.21. The van der Waals surface area contributed by atoms with Crippen molar-refractivity contribution in [1.29, 1.82) is 0 Å². The molecule has 0 aliphatic heterocycles. The summed E-state index contributed by atoms with van der Waals surface area (Å²) in [6, 6.07) is 4.37. The molecule has 0 fully saturated rings. The number of rotatable bonds is 3. The van der Waals surface area contributed by atoms with Gasteiger partial charge in [0.2, 0.25) is 0 Å². The molecule has 2 N–H and O–H groups in total. The molecule has 0 saturated heterocycles. The van der Waals surface area contributed by atoms with Crippen molar-refractivity contribution >= 4 is 0 Å². The van der Waals surface area contributed by atoms with E-state index in [2.05, 4.69) is 18.0 Å². The van der Waals surface area contributed by atoms with Gasteiger partial charge in [-0.3, -0.25) is 4.98 Å². The fraction of sp³-hybridized carbons (Fsp3) is 0.500. The number of aromatic nitrogens is 1. The van der Waals surface area contributed by atoms with E-state index in [9.17, 15) is 0 Å². The predicted molar refractivity (Wildman–Crippen MR) is 51.0 cm³/mol. The minimum Gasteiger partial charge on any atom is -0.328 e. The average Bonchev–Trinajstić information content (AvgIpc) is 2.03. The highest BCUT2D eigenvalue weighted by atomic mass is 14.7. The molecule has 2 heteroatoms. The van der Waals surface area contributed by atoms with Crippen LogP contribution in [0.3, 0.4) is 0 Å². The number of aryl methyl sites for hydroxylation is 1. The summed E-state index contributed by atoms with van der Waals surface area (Å²) in [5, 5.41) is 0. The molecule has 1 heterocycles. The Balaban J connectivity index is 2.72. The van der Waals surface area contributed by atoms with Gasteiger partial charge in [-0.05, 0) is 31.0 Å². The summed E-state index contributed by atoms with van der Waals surface area (Å²) in [6.07, 6.45) is 3.79. The molecule has 1 unspecified atom stereocenters. The Morgan fingerprint density at radius 3 is 2.92 bits per heavy atom. The summed E-state index contributed by atoms with van der Waals surface area (Å²) in [4.78, 5) is 4.25. The van der Waals surface area contributed by atoms with Crippen LogP contribution in [0.1, 0.15) is 25.1 Å². The Kier molecular flexibility index (Phi) is 3.23. The number of pyridine rings is 1. The smallest absolute Gasteiger partial charge is 0.0421 e. The van der Waals surface area contributed by atoms with Crippen molar-refractivity contribution in [2.45, 2.75) is 32.7 Å². The Labute approximate surface area is 73.8 Å². The van der Waals surface area contributed by atoms with Crippen LogP contribution in [0, 0.1) is 0 Å². The van der Waals surface area contributed by atoms with E-state index in [1.165, 1.54) is 5.56 Å². The minimum absolute atomic E-state index is 0.199. The molecule has 0 radical (unpaired) electrons. The number of nitrogens with zero attached hydrogens (tertiary/aromatic N) is 1. The zero-order chi connectivity index (χ0) is 8.97. The molecular formula is C10H16N2. The summed E-state index contributed by atoms with van der Waals surface area (Å²) in [7, 11) is 0. The van der Waals surface area contributed by atoms with Crippen molar-refractivity contribution in [3.8, 4) is 0 Å². The van der Waals surface area contributed by atoms with Gasteiger partial charge in [0.05, 0.1) is 0 Å². The topological polar surface area (TPSA) is 38.9 Å². The molecule has 1 rings (SSSR count). The molecule has 0 aromatic carbocycles. The lowest BCUT2D eigenvalue weighted by Gasteiger charge is -2.04. The van der Waals surface area contributed by atoms with E-state index in [1.54, 1.807) is 0 Å². The molecule has 2 nitrogen and oxygen atoms in total. The van der Waals surface area contributed by atoms with Gasteiger partial charge in [0.25, 0.3) is 0 Å². The van der Waals surface area contributed by atoms with E-state index in [0.29, 0.717) is 0 Å². The van der Waals surface area contributed by atoms with E-state index in [4.69, 9.17) is 5.73 Å². The van der Waals surface area contributed by atoms with Crippen LogP contribution in [0.4, 0.5) is 0 Å². The molecular weight excluding hydrogens is 148 g/mol. The molecule has 0 amide bonds. The molecule has 0 aliphatic rings. The molecule has 12 heavy (non-hydrogen) atoms. The van der Waals surface area contributed by atoms with Crippen molar-refractivity contribution in [3.63, 3.8) is 0 Å². The highest BCUT2D eigenvalue weighted by Crippen LogP contribution is 2.04. The summed E-state index contributed by atoms with van der Waals surface area (Å²) in [5.41, 5.74) is 8.11. The molecule has 0 spiro atoms. The fourth-order valence-corrected chi connectivity index (χ4v) is 1.19. The van der Waals surface area contributed by atoms with E-state index >= 15 is 0 Å². The zero-order valence-corrected chi connectivity index (χ0v) is 7.75. The maximum Gasteiger partial charge on any atom is 0.0421 e. The average molecular weight is 164 g/mol. The summed E-state index contributed by atoms with van der Waals surface area (Å²) in [5.74, 6) is 0. The standard InChI is InChI=1S/C10H16N2/c1-3-9-4-5-12-10(7-9)6-8(2)11/h4-5,7-8H,3,6,11H2,1-2H3. The second-order valence-electron chi connectivity index (χ2n) is 3.19. The van der Waals surface area contributed by atoms with Crippen LogP contribution in [0.25, 0.3) is 0 Å². The normalized spacial score (nSPS) is 12.9. The Morgan fingerprint density at radius 1 is 1.58 bits per heavy atom. The van der Waals surface area contributed by atoms with Crippen LogP contribution in [-0.4, -0.2) is 11.0 Å². The lowest BCUT2D eigenvalue weighted by molar-refractivity contribution is 0.721. The summed E-state index contributed by atoms with van der Waals surface area (Å²) < 4.78 is 0. The van der Waals surface area contributed by atoms with Crippen LogP contribution in [-0.2, 0) is 12.8 Å². The molecule has 0 saturated carbocycles. The SMILES string of the molecule is CCc1ccnc(CC(C)N)c1. The van der Waals surface area contributed by atoms with Crippen molar-refractivity contribution in [2.24, 2.45) is 5.73 Å². The first kappa shape index (κ1) is 9.20. The molecule has 0 bridgehead atoms. The maximum atomic E-state index is 5.68. The lowest BCUT2D eigenvalue weighted by Crippen LogP contribution is -2.18. The highest BCUT2D eigenvalue weighted by molar-refractivity contribution is 5.16. The van der Waals surface area contributed by atoms with Gasteiger partial charge >= 0.3 is 0 Å². The van der Waals surface area contributed by atoms with Crippen LogP contribution in [0.2, 0.25) is 0 Å². The molecule has 1 atom stereocenters. The Bertz CT molecular complexity index is 243. The monoisotopic (exact) mass is 164 g/mol. The van der Waals surface area contributed by atoms with E-state index in [1.807, 2.05) is 19.2 Å². The third kappa shape index (κ3) is 2.62. The van der Waals surface area contributed by atoms with Gasteiger partial charge in [-0.2, -0.15) is 0 Å². The quantitative estimate of drug-likeness (QED) is 0.736. The van der Waals surface area contributed by atoms with Gasteiger partial charge in [0, 0.05) is 24.4 Å². The van der Waals surface area contributed by atoms with Crippen LogP contribution in [0.15, 0.2) is 18.3 Å². The van der Waals surface area contributed by atoms with Gasteiger partial charge in [0.1, 0.15) is 0 Å². The summed E-state index contributed by atoms with van der Waals surface area (Å²) in [6.45, 7) is 4.14. The van der Waals surface area contributed by atoms with Crippen molar-refractivity contribution in [2.75, 3.05) is 0 Å². The molecule has 66 valence electrons. The largest absolute Gasteiger partial charge is 0.328 e. The molecule has 1 aromatic rings. The second-order valence-corrected chi connectivity index (χ2v) is 3.19. The number of hydrogen-bond donors (Lipinski definition) is 1. The maximum absolute atomic E-state index is 5.68. The Morgan fingerprint density at radius 2 is 2.33 bits per heavy atom. The van der Waals surface area contributed by atoms with Gasteiger partial charge < -0.3 is 5.73 Å². The van der Waals surface area contributed by atoms with Crippen molar-refractivity contribution < 1.29 is 0 Å². The zero-order valence-electron chi connectivity index (χ0n) is 7.75. The van der Waals surface area contributed by atoms with E-state index in [0.717, 1.165) is 18.5 Å². The first-order chi connectivity index (χ1) is 5.72. The molecule has 0 aliphatic carbocycles. The minimum atomic E-state index is 0.199. The fourth-order valence-electron chi connectivity index (χ4n) is 1.19. The first-order valence-corrected chi connectivity index (χ1v) is 4.41. The van der Waals surface area contributed by atoms with E-state index in [-0.39, 0.29) is 6.04 Å². The number of nitrogens with two attached hydrogens (primary N) is 1. The van der Waals surface area contributed by atoms with Gasteiger partial charge in [-0.1, -0.05) is 6.92 Å². The van der Waals surface area contributed by atoms with Crippen LogP contribution < -0.4 is 5.73 Å². The number of hydrogen-bond acceptors (Lipinski definition) is 2. The van der Waals surface area contributed by atoms with E-state index < -0.39 is 0 Å². The van der Waals surface area contributed by atoms with Crippen molar-refractivity contribution in [3.05, 3.63) is 29.6 Å². The first-order valence-electron chi connectivity index (χ1n) is 4.41. The third-order valence-electron chi connectivity index (χ3n) is 1.82. The predicted octanol–water partition coefficient (Wildman–Crippen LogP) is 1.53. The van der Waals surface area contributed by atoms with Gasteiger partial charge in [-0.25, -0.2) is 0 Å². The van der Waals surface area contributed by atoms with Gasteiger partial charge in [-0.15, -0.1) is 0 Å².